The maximum atomic E-state index is 12.0. The summed E-state index contributed by atoms with van der Waals surface area (Å²) in [7, 11) is 0. The predicted molar refractivity (Wildman–Crippen MR) is 76.6 cm³/mol. The molecular weight excluding hydrogens is 254 g/mol. The molecular formula is C16H17NO3. The Balaban J connectivity index is 1.72. The highest BCUT2D eigenvalue weighted by molar-refractivity contribution is 5.93. The second-order valence-corrected chi connectivity index (χ2v) is 4.90. The molecule has 0 atom stereocenters. The van der Waals surface area contributed by atoms with E-state index in [4.69, 9.17) is 9.47 Å². The number of hydrogen-bond donors (Lipinski definition) is 0. The Kier molecular flexibility index (Phi) is 3.46. The molecule has 0 saturated carbocycles. The minimum atomic E-state index is -0.0117. The van der Waals surface area contributed by atoms with Crippen LogP contribution in [-0.2, 0) is 4.79 Å². The van der Waals surface area contributed by atoms with Crippen molar-refractivity contribution in [1.82, 2.24) is 4.90 Å². The van der Waals surface area contributed by atoms with Gasteiger partial charge in [0.15, 0.2) is 11.5 Å². The smallest absolute Gasteiger partial charge is 0.250 e. The van der Waals surface area contributed by atoms with Crippen molar-refractivity contribution in [2.24, 2.45) is 0 Å². The molecule has 0 aromatic heterocycles. The summed E-state index contributed by atoms with van der Waals surface area (Å²) in [6.07, 6.45) is 5.29. The highest BCUT2D eigenvalue weighted by atomic mass is 16.6. The van der Waals surface area contributed by atoms with Crippen LogP contribution in [0.2, 0.25) is 0 Å². The molecule has 2 heterocycles. The lowest BCUT2D eigenvalue weighted by molar-refractivity contribution is -0.123. The number of amides is 1. The van der Waals surface area contributed by atoms with E-state index in [1.54, 1.807) is 17.1 Å². The van der Waals surface area contributed by atoms with Gasteiger partial charge in [0.05, 0.1) is 0 Å². The van der Waals surface area contributed by atoms with Gasteiger partial charge in [-0.3, -0.25) is 4.79 Å². The number of nitrogens with zero attached hydrogens (tertiary/aromatic N) is 1. The second-order valence-electron chi connectivity index (χ2n) is 4.90. The topological polar surface area (TPSA) is 38.8 Å². The Morgan fingerprint density at radius 1 is 1.25 bits per heavy atom. The molecule has 2 aliphatic heterocycles. The van der Waals surface area contributed by atoms with Gasteiger partial charge in [-0.2, -0.15) is 0 Å². The van der Waals surface area contributed by atoms with Crippen molar-refractivity contribution in [3.05, 3.63) is 42.1 Å². The monoisotopic (exact) mass is 271 g/mol. The number of carbonyl (C=O) groups excluding carboxylic acids is 1. The number of fused-ring (bicyclic) bond motifs is 1. The fourth-order valence-corrected chi connectivity index (χ4v) is 2.42. The average Bonchev–Trinajstić information content (AvgIpc) is 2.91. The lowest BCUT2D eigenvalue weighted by Gasteiger charge is -2.18. The van der Waals surface area contributed by atoms with Crippen LogP contribution in [0, 0.1) is 0 Å². The van der Waals surface area contributed by atoms with Gasteiger partial charge in [0, 0.05) is 18.3 Å². The van der Waals surface area contributed by atoms with Gasteiger partial charge in [-0.1, -0.05) is 12.6 Å². The Morgan fingerprint density at radius 3 is 2.80 bits per heavy atom. The zero-order valence-corrected chi connectivity index (χ0v) is 11.3. The summed E-state index contributed by atoms with van der Waals surface area (Å²) in [4.78, 5) is 13.8. The predicted octanol–water partition coefficient (Wildman–Crippen LogP) is 2.61. The molecule has 1 aromatic carbocycles. The molecule has 2 aliphatic rings. The average molecular weight is 271 g/mol. The summed E-state index contributed by atoms with van der Waals surface area (Å²) in [5.74, 6) is 1.48. The van der Waals surface area contributed by atoms with Crippen molar-refractivity contribution in [3.63, 3.8) is 0 Å². The standard InChI is InChI=1S/C16H17NO3/c1-12-3-2-8-17(12)16(18)7-5-13-4-6-14-15(11-13)20-10-9-19-14/h4-7,11H,1-3,8-10H2/b7-5+. The van der Waals surface area contributed by atoms with Crippen LogP contribution in [0.4, 0.5) is 0 Å². The van der Waals surface area contributed by atoms with Gasteiger partial charge < -0.3 is 14.4 Å². The first kappa shape index (κ1) is 12.8. The number of hydrogen-bond acceptors (Lipinski definition) is 3. The lowest BCUT2D eigenvalue weighted by atomic mass is 10.1. The molecule has 4 nitrogen and oxygen atoms in total. The van der Waals surface area contributed by atoms with Gasteiger partial charge in [-0.25, -0.2) is 0 Å². The molecule has 20 heavy (non-hydrogen) atoms. The third-order valence-electron chi connectivity index (χ3n) is 3.48. The summed E-state index contributed by atoms with van der Waals surface area (Å²) in [5.41, 5.74) is 1.83. The van der Waals surface area contributed by atoms with Crippen molar-refractivity contribution in [1.29, 1.82) is 0 Å². The van der Waals surface area contributed by atoms with Crippen molar-refractivity contribution < 1.29 is 14.3 Å². The third kappa shape index (κ3) is 2.54. The highest BCUT2D eigenvalue weighted by Crippen LogP contribution is 2.31. The minimum absolute atomic E-state index is 0.0117. The first-order valence-electron chi connectivity index (χ1n) is 6.81. The fraction of sp³-hybridized carbons (Fsp3) is 0.312. The van der Waals surface area contributed by atoms with E-state index in [2.05, 4.69) is 6.58 Å². The Labute approximate surface area is 118 Å². The zero-order valence-electron chi connectivity index (χ0n) is 11.3. The van der Waals surface area contributed by atoms with E-state index in [0.29, 0.717) is 13.2 Å². The maximum Gasteiger partial charge on any atom is 0.250 e. The van der Waals surface area contributed by atoms with E-state index in [1.807, 2.05) is 18.2 Å². The molecule has 0 bridgehead atoms. The Bertz CT molecular complexity index is 577. The summed E-state index contributed by atoms with van der Waals surface area (Å²) < 4.78 is 11.0. The summed E-state index contributed by atoms with van der Waals surface area (Å²) >= 11 is 0. The van der Waals surface area contributed by atoms with E-state index >= 15 is 0 Å². The van der Waals surface area contributed by atoms with Crippen LogP contribution in [0.5, 0.6) is 11.5 Å². The highest BCUT2D eigenvalue weighted by Gasteiger charge is 2.19. The van der Waals surface area contributed by atoms with E-state index < -0.39 is 0 Å². The van der Waals surface area contributed by atoms with Gasteiger partial charge >= 0.3 is 0 Å². The van der Waals surface area contributed by atoms with E-state index in [0.717, 1.165) is 42.1 Å². The summed E-state index contributed by atoms with van der Waals surface area (Å²) in [5, 5.41) is 0. The van der Waals surface area contributed by atoms with Crippen LogP contribution >= 0.6 is 0 Å². The van der Waals surface area contributed by atoms with Gasteiger partial charge in [0.2, 0.25) is 0 Å². The third-order valence-corrected chi connectivity index (χ3v) is 3.48. The molecule has 1 aromatic rings. The van der Waals surface area contributed by atoms with Gasteiger partial charge in [-0.15, -0.1) is 0 Å². The normalized spacial score (nSPS) is 17.8. The Hall–Kier alpha value is -2.23. The maximum absolute atomic E-state index is 12.0. The van der Waals surface area contributed by atoms with E-state index in [-0.39, 0.29) is 5.91 Å². The first-order valence-corrected chi connectivity index (χ1v) is 6.81. The lowest BCUT2D eigenvalue weighted by Crippen LogP contribution is -2.23. The molecule has 3 rings (SSSR count). The Morgan fingerprint density at radius 2 is 2.05 bits per heavy atom. The number of carbonyl (C=O) groups is 1. The van der Waals surface area contributed by atoms with Crippen LogP contribution in [-0.4, -0.2) is 30.6 Å². The molecule has 1 saturated heterocycles. The molecule has 4 heteroatoms. The van der Waals surface area contributed by atoms with Gasteiger partial charge in [-0.05, 0) is 36.6 Å². The van der Waals surface area contributed by atoms with E-state index in [9.17, 15) is 4.79 Å². The van der Waals surface area contributed by atoms with Crippen molar-refractivity contribution in [3.8, 4) is 11.5 Å². The molecule has 104 valence electrons. The summed E-state index contributed by atoms with van der Waals surface area (Å²) in [6.45, 7) is 5.81. The fourth-order valence-electron chi connectivity index (χ4n) is 2.42. The van der Waals surface area contributed by atoms with Gasteiger partial charge in [0.25, 0.3) is 5.91 Å². The van der Waals surface area contributed by atoms with Crippen LogP contribution in [0.25, 0.3) is 6.08 Å². The first-order chi connectivity index (χ1) is 9.74. The molecule has 0 spiro atoms. The molecule has 0 unspecified atom stereocenters. The molecule has 0 radical (unpaired) electrons. The minimum Gasteiger partial charge on any atom is -0.486 e. The van der Waals surface area contributed by atoms with Crippen LogP contribution in [0.1, 0.15) is 18.4 Å². The molecule has 1 amide bonds. The quantitative estimate of drug-likeness (QED) is 0.776. The van der Waals surface area contributed by atoms with Crippen LogP contribution in [0.3, 0.4) is 0 Å². The number of ether oxygens (including phenoxy) is 2. The number of allylic oxidation sites excluding steroid dienone is 1. The molecule has 1 fully saturated rings. The number of benzene rings is 1. The number of likely N-dealkylation sites (tertiary alicyclic amines) is 1. The largest absolute Gasteiger partial charge is 0.486 e. The van der Waals surface area contributed by atoms with E-state index in [1.165, 1.54) is 0 Å². The van der Waals surface area contributed by atoms with Gasteiger partial charge in [0.1, 0.15) is 13.2 Å². The molecule has 0 N–H and O–H groups in total. The van der Waals surface area contributed by atoms with Crippen molar-refractivity contribution in [2.45, 2.75) is 12.8 Å². The van der Waals surface area contributed by atoms with Crippen molar-refractivity contribution in [2.75, 3.05) is 19.8 Å². The van der Waals surface area contributed by atoms with Crippen LogP contribution < -0.4 is 9.47 Å². The van der Waals surface area contributed by atoms with Crippen LogP contribution in [0.15, 0.2) is 36.6 Å². The van der Waals surface area contributed by atoms with Crippen molar-refractivity contribution >= 4 is 12.0 Å². The molecule has 0 aliphatic carbocycles. The summed E-state index contributed by atoms with van der Waals surface area (Å²) in [6, 6.07) is 5.67. The zero-order chi connectivity index (χ0) is 13.9. The second kappa shape index (κ2) is 5.41. The SMILES string of the molecule is C=C1CCCN1C(=O)/C=C/c1ccc2c(c1)OCCO2. The number of rotatable bonds is 2.